The molecule has 5 nitrogen and oxygen atoms in total. The standard InChI is InChI=1S/C22H22N4OS/c1-15(21(27)24-18-10-8-16(13-23)9-11-18)26-12-4-5-17(14-26)22-25-19-6-2-3-7-20(19)28-22/h2-3,6-11,15,17H,4-5,12,14H2,1H3,(H,24,27)/p+1/t15-,17-/m0/s1. The SMILES string of the molecule is C[C@@H](C(=O)Nc1ccc(C#N)cc1)[NH+]1CCC[C@H](c2nc3ccccc3s2)C1. The second-order valence-electron chi connectivity index (χ2n) is 7.37. The van der Waals surface area contributed by atoms with Crippen molar-refractivity contribution in [2.24, 2.45) is 0 Å². The number of benzene rings is 2. The molecule has 28 heavy (non-hydrogen) atoms. The molecule has 0 saturated carbocycles. The second kappa shape index (κ2) is 8.09. The van der Waals surface area contributed by atoms with E-state index in [-0.39, 0.29) is 11.9 Å². The van der Waals surface area contributed by atoms with Crippen LogP contribution in [0, 0.1) is 11.3 Å². The number of quaternary nitrogens is 1. The number of hydrogen-bond acceptors (Lipinski definition) is 4. The number of hydrogen-bond donors (Lipinski definition) is 2. The third kappa shape index (κ3) is 3.91. The topological polar surface area (TPSA) is 70.2 Å². The summed E-state index contributed by atoms with van der Waals surface area (Å²) in [6.07, 6.45) is 2.23. The smallest absolute Gasteiger partial charge is 0.282 e. The maximum absolute atomic E-state index is 12.7. The molecule has 2 N–H and O–H groups in total. The second-order valence-corrected chi connectivity index (χ2v) is 8.43. The van der Waals surface area contributed by atoms with E-state index in [0.29, 0.717) is 11.5 Å². The van der Waals surface area contributed by atoms with Crippen LogP contribution in [0.5, 0.6) is 0 Å². The van der Waals surface area contributed by atoms with Crippen LogP contribution in [0.1, 0.15) is 36.3 Å². The number of carbonyl (C=O) groups is 1. The Hall–Kier alpha value is -2.75. The van der Waals surface area contributed by atoms with Crippen molar-refractivity contribution in [2.75, 3.05) is 18.4 Å². The molecule has 0 aliphatic carbocycles. The van der Waals surface area contributed by atoms with Gasteiger partial charge in [0, 0.05) is 5.69 Å². The van der Waals surface area contributed by atoms with E-state index in [2.05, 4.69) is 29.6 Å². The number of piperidine rings is 1. The first-order valence-corrected chi connectivity index (χ1v) is 10.5. The van der Waals surface area contributed by atoms with E-state index in [4.69, 9.17) is 10.2 Å². The van der Waals surface area contributed by atoms with E-state index >= 15 is 0 Å². The lowest BCUT2D eigenvalue weighted by molar-refractivity contribution is -0.920. The number of nitrogens with one attached hydrogen (secondary N) is 2. The first-order chi connectivity index (χ1) is 13.6. The number of fused-ring (bicyclic) bond motifs is 1. The van der Waals surface area contributed by atoms with Crippen molar-refractivity contribution in [1.29, 1.82) is 5.26 Å². The average Bonchev–Trinajstić information content (AvgIpc) is 3.18. The van der Waals surface area contributed by atoms with Gasteiger partial charge in [-0.25, -0.2) is 4.98 Å². The normalized spacial score (nSPS) is 20.4. The highest BCUT2D eigenvalue weighted by molar-refractivity contribution is 7.18. The number of aromatic nitrogens is 1. The Bertz CT molecular complexity index is 988. The molecule has 6 heteroatoms. The number of carbonyl (C=O) groups excluding carboxylic acids is 1. The summed E-state index contributed by atoms with van der Waals surface area (Å²) in [6, 6.07) is 17.2. The Morgan fingerprint density at radius 2 is 2.07 bits per heavy atom. The lowest BCUT2D eigenvalue weighted by Crippen LogP contribution is -3.17. The van der Waals surface area contributed by atoms with Crippen LogP contribution < -0.4 is 10.2 Å². The molecule has 1 saturated heterocycles. The summed E-state index contributed by atoms with van der Waals surface area (Å²) in [4.78, 5) is 18.9. The molecule has 1 amide bonds. The van der Waals surface area contributed by atoms with E-state index in [0.717, 1.165) is 37.1 Å². The largest absolute Gasteiger partial charge is 0.324 e. The first-order valence-electron chi connectivity index (χ1n) is 9.65. The molecule has 0 bridgehead atoms. The van der Waals surface area contributed by atoms with Gasteiger partial charge in [-0.2, -0.15) is 5.26 Å². The predicted octanol–water partition coefficient (Wildman–Crippen LogP) is 2.96. The van der Waals surface area contributed by atoms with Crippen molar-refractivity contribution in [3.05, 3.63) is 59.1 Å². The van der Waals surface area contributed by atoms with E-state index in [1.165, 1.54) is 14.6 Å². The van der Waals surface area contributed by atoms with Gasteiger partial charge in [-0.05, 0) is 56.2 Å². The van der Waals surface area contributed by atoms with Gasteiger partial charge in [0.1, 0.15) is 5.01 Å². The lowest BCUT2D eigenvalue weighted by Gasteiger charge is -2.32. The fraction of sp³-hybridized carbons (Fsp3) is 0.318. The molecule has 1 aromatic heterocycles. The molecule has 2 aromatic carbocycles. The minimum absolute atomic E-state index is 0.0182. The van der Waals surface area contributed by atoms with Crippen LogP contribution >= 0.6 is 11.3 Å². The van der Waals surface area contributed by atoms with Crippen LogP contribution in [0.2, 0.25) is 0 Å². The van der Waals surface area contributed by atoms with E-state index in [9.17, 15) is 4.79 Å². The maximum atomic E-state index is 12.7. The minimum Gasteiger partial charge on any atom is -0.324 e. The Morgan fingerprint density at radius 3 is 2.82 bits per heavy atom. The molecule has 2 heterocycles. The molecule has 142 valence electrons. The number of likely N-dealkylation sites (tertiary alicyclic amines) is 1. The zero-order chi connectivity index (χ0) is 19.5. The molecule has 3 aromatic rings. The van der Waals surface area contributed by atoms with Crippen LogP contribution in [-0.4, -0.2) is 30.0 Å². The van der Waals surface area contributed by atoms with Gasteiger partial charge in [-0.15, -0.1) is 11.3 Å². The van der Waals surface area contributed by atoms with E-state index in [1.807, 2.05) is 13.0 Å². The Kier molecular flexibility index (Phi) is 5.38. The first kappa shape index (κ1) is 18.6. The summed E-state index contributed by atoms with van der Waals surface area (Å²) in [5, 5.41) is 13.1. The number of para-hydroxylation sites is 1. The third-order valence-corrected chi connectivity index (χ3v) is 6.70. The van der Waals surface area contributed by atoms with Crippen LogP contribution in [0.25, 0.3) is 10.2 Å². The lowest BCUT2D eigenvalue weighted by atomic mass is 9.97. The predicted molar refractivity (Wildman–Crippen MR) is 112 cm³/mol. The number of thiazole rings is 1. The van der Waals surface area contributed by atoms with Gasteiger partial charge in [0.05, 0.1) is 40.9 Å². The molecule has 1 aliphatic heterocycles. The summed E-state index contributed by atoms with van der Waals surface area (Å²) in [5.41, 5.74) is 2.39. The van der Waals surface area contributed by atoms with Crippen molar-refractivity contribution in [2.45, 2.75) is 31.7 Å². The van der Waals surface area contributed by atoms with Gasteiger partial charge in [0.2, 0.25) is 0 Å². The molecule has 1 unspecified atom stereocenters. The van der Waals surface area contributed by atoms with Crippen LogP contribution in [0.3, 0.4) is 0 Å². The van der Waals surface area contributed by atoms with Crippen LogP contribution in [-0.2, 0) is 4.79 Å². The third-order valence-electron chi connectivity index (χ3n) is 5.51. The van der Waals surface area contributed by atoms with Gasteiger partial charge >= 0.3 is 0 Å². The Labute approximate surface area is 168 Å². The number of amides is 1. The van der Waals surface area contributed by atoms with Crippen LogP contribution in [0.15, 0.2) is 48.5 Å². The highest BCUT2D eigenvalue weighted by Gasteiger charge is 2.33. The van der Waals surface area contributed by atoms with E-state index in [1.54, 1.807) is 35.6 Å². The van der Waals surface area contributed by atoms with Crippen molar-refractivity contribution in [1.82, 2.24) is 4.98 Å². The molecule has 0 spiro atoms. The summed E-state index contributed by atoms with van der Waals surface area (Å²) >= 11 is 1.78. The number of rotatable bonds is 4. The highest BCUT2D eigenvalue weighted by Crippen LogP contribution is 2.30. The summed E-state index contributed by atoms with van der Waals surface area (Å²) < 4.78 is 1.23. The molecule has 3 atom stereocenters. The fourth-order valence-electron chi connectivity index (χ4n) is 3.83. The monoisotopic (exact) mass is 391 g/mol. The molecule has 0 radical (unpaired) electrons. The Morgan fingerprint density at radius 1 is 1.29 bits per heavy atom. The van der Waals surface area contributed by atoms with Gasteiger partial charge in [-0.1, -0.05) is 12.1 Å². The molecular formula is C22H23N4OS+. The maximum Gasteiger partial charge on any atom is 0.282 e. The quantitative estimate of drug-likeness (QED) is 0.718. The van der Waals surface area contributed by atoms with Crippen molar-refractivity contribution >= 4 is 33.1 Å². The molecule has 1 fully saturated rings. The van der Waals surface area contributed by atoms with Gasteiger partial charge in [0.25, 0.3) is 5.91 Å². The number of nitrogens with zero attached hydrogens (tertiary/aromatic N) is 2. The summed E-state index contributed by atoms with van der Waals surface area (Å²) in [6.45, 7) is 3.93. The summed E-state index contributed by atoms with van der Waals surface area (Å²) in [7, 11) is 0. The van der Waals surface area contributed by atoms with Crippen LogP contribution in [0.4, 0.5) is 5.69 Å². The van der Waals surface area contributed by atoms with Gasteiger partial charge in [-0.3, -0.25) is 4.79 Å². The number of anilines is 1. The zero-order valence-electron chi connectivity index (χ0n) is 15.8. The fourth-order valence-corrected chi connectivity index (χ4v) is 4.93. The average molecular weight is 392 g/mol. The zero-order valence-corrected chi connectivity index (χ0v) is 16.6. The van der Waals surface area contributed by atoms with E-state index < -0.39 is 0 Å². The summed E-state index contributed by atoms with van der Waals surface area (Å²) in [5.74, 6) is 0.427. The highest BCUT2D eigenvalue weighted by atomic mass is 32.1. The van der Waals surface area contributed by atoms with Gasteiger partial charge in [0.15, 0.2) is 6.04 Å². The molecular weight excluding hydrogens is 368 g/mol. The van der Waals surface area contributed by atoms with Crippen molar-refractivity contribution in [3.63, 3.8) is 0 Å². The van der Waals surface area contributed by atoms with Gasteiger partial charge < -0.3 is 10.2 Å². The molecule has 1 aliphatic rings. The number of nitriles is 1. The van der Waals surface area contributed by atoms with Crippen molar-refractivity contribution < 1.29 is 9.69 Å². The van der Waals surface area contributed by atoms with Crippen molar-refractivity contribution in [3.8, 4) is 6.07 Å². The Balaban J connectivity index is 1.42. The molecule has 4 rings (SSSR count). The minimum atomic E-state index is -0.132.